The molecule has 176 valence electrons. The maximum atomic E-state index is 13.8. The quantitative estimate of drug-likeness (QED) is 0.432. The van der Waals surface area contributed by atoms with Crippen molar-refractivity contribution in [2.75, 3.05) is 6.54 Å². The summed E-state index contributed by atoms with van der Waals surface area (Å²) in [7, 11) is 0. The molecule has 0 radical (unpaired) electrons. The van der Waals surface area contributed by atoms with Gasteiger partial charge in [-0.1, -0.05) is 54.6 Å². The number of hydrogen-bond acceptors (Lipinski definition) is 2. The van der Waals surface area contributed by atoms with Crippen LogP contribution in [-0.2, 0) is 6.42 Å². The number of carboxylic acids is 1. The van der Waals surface area contributed by atoms with Gasteiger partial charge >= 0.3 is 5.97 Å². The van der Waals surface area contributed by atoms with Crippen LogP contribution in [0.25, 0.3) is 16.9 Å². The highest BCUT2D eigenvalue weighted by Crippen LogP contribution is 2.40. The third-order valence-electron chi connectivity index (χ3n) is 7.15. The number of benzene rings is 2. The van der Waals surface area contributed by atoms with Crippen molar-refractivity contribution in [3.05, 3.63) is 74.9 Å². The van der Waals surface area contributed by atoms with Gasteiger partial charge in [-0.15, -0.1) is 0 Å². The van der Waals surface area contributed by atoms with Crippen LogP contribution in [0.2, 0.25) is 10.0 Å². The zero-order chi connectivity index (χ0) is 24.0. The van der Waals surface area contributed by atoms with Crippen LogP contribution in [0.5, 0.6) is 0 Å². The summed E-state index contributed by atoms with van der Waals surface area (Å²) in [6, 6.07) is 12.4. The number of carbonyl (C=O) groups is 2. The van der Waals surface area contributed by atoms with Gasteiger partial charge in [0.15, 0.2) is 0 Å². The summed E-state index contributed by atoms with van der Waals surface area (Å²) in [6.07, 6.45) is 6.43. The zero-order valence-electron chi connectivity index (χ0n) is 19.0. The molecule has 1 aliphatic heterocycles. The van der Waals surface area contributed by atoms with Crippen LogP contribution in [0.15, 0.2) is 42.5 Å². The second-order valence-corrected chi connectivity index (χ2v) is 9.99. The van der Waals surface area contributed by atoms with Gasteiger partial charge in [-0.05, 0) is 61.2 Å². The molecule has 7 heteroatoms. The fourth-order valence-electron chi connectivity index (χ4n) is 5.53. The lowest BCUT2D eigenvalue weighted by Crippen LogP contribution is -2.45. The van der Waals surface area contributed by atoms with Gasteiger partial charge in [0.05, 0.1) is 27.5 Å². The van der Waals surface area contributed by atoms with E-state index in [1.807, 2.05) is 13.0 Å². The molecule has 0 atom stereocenters. The van der Waals surface area contributed by atoms with E-state index in [2.05, 4.69) is 9.47 Å². The Bertz CT molecular complexity index is 1270. The van der Waals surface area contributed by atoms with Crippen molar-refractivity contribution < 1.29 is 14.7 Å². The molecule has 0 spiro atoms. The summed E-state index contributed by atoms with van der Waals surface area (Å²) in [5.74, 6) is -0.894. The van der Waals surface area contributed by atoms with Crippen molar-refractivity contribution in [2.24, 2.45) is 0 Å². The lowest BCUT2D eigenvalue weighted by Gasteiger charge is -2.37. The van der Waals surface area contributed by atoms with Crippen molar-refractivity contribution in [2.45, 2.75) is 51.5 Å². The molecule has 0 bridgehead atoms. The lowest BCUT2D eigenvalue weighted by molar-refractivity contribution is 0.0612. The third-order valence-corrected chi connectivity index (χ3v) is 7.69. The highest BCUT2D eigenvalue weighted by molar-refractivity contribution is 6.35. The Hall–Kier alpha value is -2.76. The monoisotopic (exact) mass is 496 g/mol. The Balaban J connectivity index is 1.69. The minimum absolute atomic E-state index is 0.0814. The van der Waals surface area contributed by atoms with Gasteiger partial charge in [-0.25, -0.2) is 4.79 Å². The fourth-order valence-corrected chi connectivity index (χ4v) is 6.02. The maximum Gasteiger partial charge on any atom is 0.335 e. The highest BCUT2D eigenvalue weighted by Gasteiger charge is 2.36. The molecule has 2 aromatic carbocycles. The van der Waals surface area contributed by atoms with Gasteiger partial charge in [0.1, 0.15) is 0 Å². The number of fused-ring (bicyclic) bond motifs is 1. The predicted octanol–water partition coefficient (Wildman–Crippen LogP) is 6.79. The van der Waals surface area contributed by atoms with Crippen LogP contribution < -0.4 is 0 Å². The lowest BCUT2D eigenvalue weighted by atomic mass is 9.91. The number of carboxylic acid groups (broad SMARTS) is 1. The van der Waals surface area contributed by atoms with Crippen molar-refractivity contribution in [1.82, 2.24) is 9.47 Å². The molecule has 1 aliphatic carbocycles. The second-order valence-electron chi connectivity index (χ2n) is 9.15. The van der Waals surface area contributed by atoms with E-state index in [1.54, 1.807) is 36.4 Å². The van der Waals surface area contributed by atoms with Crippen LogP contribution in [0, 0.1) is 6.92 Å². The van der Waals surface area contributed by atoms with Crippen molar-refractivity contribution in [3.63, 3.8) is 0 Å². The van der Waals surface area contributed by atoms with Crippen LogP contribution in [0.1, 0.15) is 64.1 Å². The number of aromatic nitrogens is 1. The third kappa shape index (κ3) is 3.91. The first kappa shape index (κ1) is 23.0. The Labute approximate surface area is 208 Å². The first-order valence-electron chi connectivity index (χ1n) is 11.7. The van der Waals surface area contributed by atoms with Gasteiger partial charge in [0, 0.05) is 29.7 Å². The second kappa shape index (κ2) is 9.12. The first-order chi connectivity index (χ1) is 16.4. The SMILES string of the molecule is Cc1c2c(n(-c3ccc(Cl)cc3Cl)c1-c1ccc(C(=O)O)cc1)CCN(C1CCCCC1)C2=O. The summed E-state index contributed by atoms with van der Waals surface area (Å²) >= 11 is 12.8. The van der Waals surface area contributed by atoms with Crippen molar-refractivity contribution in [1.29, 1.82) is 0 Å². The molecule has 0 saturated heterocycles. The number of halogens is 2. The standard InChI is InChI=1S/C27H26Cl2N2O3/c1-16-24-23(13-14-30(26(24)32)20-5-3-2-4-6-20)31(22-12-11-19(28)15-21(22)29)25(16)17-7-9-18(10-8-17)27(33)34/h7-12,15,20H,2-6,13-14H2,1H3,(H,33,34). The van der Waals surface area contributed by atoms with Crippen LogP contribution in [-0.4, -0.2) is 39.0 Å². The Morgan fingerprint density at radius 2 is 1.74 bits per heavy atom. The van der Waals surface area contributed by atoms with Gasteiger partial charge < -0.3 is 14.6 Å². The highest BCUT2D eigenvalue weighted by atomic mass is 35.5. The number of nitrogens with zero attached hydrogens (tertiary/aromatic N) is 2. The fraction of sp³-hybridized carbons (Fsp3) is 0.333. The summed E-state index contributed by atoms with van der Waals surface area (Å²) in [5, 5.41) is 10.4. The van der Waals surface area contributed by atoms with E-state index in [0.29, 0.717) is 22.6 Å². The molecule has 34 heavy (non-hydrogen) atoms. The average molecular weight is 497 g/mol. The Morgan fingerprint density at radius 1 is 1.03 bits per heavy atom. The van der Waals surface area contributed by atoms with Gasteiger partial charge in [-0.2, -0.15) is 0 Å². The van der Waals surface area contributed by atoms with E-state index in [9.17, 15) is 14.7 Å². The predicted molar refractivity (Wildman–Crippen MR) is 135 cm³/mol. The van der Waals surface area contributed by atoms with Crippen LogP contribution >= 0.6 is 23.2 Å². The molecule has 5 nitrogen and oxygen atoms in total. The maximum absolute atomic E-state index is 13.8. The molecule has 1 N–H and O–H groups in total. The molecule has 3 aromatic rings. The molecule has 2 aliphatic rings. The van der Waals surface area contributed by atoms with E-state index in [1.165, 1.54) is 19.3 Å². The molecule has 1 aromatic heterocycles. The van der Waals surface area contributed by atoms with Crippen molar-refractivity contribution >= 4 is 35.1 Å². The summed E-state index contributed by atoms with van der Waals surface area (Å²) < 4.78 is 2.06. The van der Waals surface area contributed by atoms with E-state index in [-0.39, 0.29) is 11.5 Å². The van der Waals surface area contributed by atoms with Crippen LogP contribution in [0.4, 0.5) is 0 Å². The van der Waals surface area contributed by atoms with E-state index < -0.39 is 5.97 Å². The largest absolute Gasteiger partial charge is 0.478 e. The summed E-state index contributed by atoms with van der Waals surface area (Å²) in [5.41, 5.74) is 5.22. The number of hydrogen-bond donors (Lipinski definition) is 1. The molecular formula is C27H26Cl2N2O3. The van der Waals surface area contributed by atoms with Crippen molar-refractivity contribution in [3.8, 4) is 16.9 Å². The first-order valence-corrected chi connectivity index (χ1v) is 12.5. The molecule has 5 rings (SSSR count). The topological polar surface area (TPSA) is 62.5 Å². The number of rotatable bonds is 4. The molecule has 1 fully saturated rings. The van der Waals surface area contributed by atoms with Gasteiger partial charge in [-0.3, -0.25) is 4.79 Å². The van der Waals surface area contributed by atoms with E-state index >= 15 is 0 Å². The molecule has 2 heterocycles. The number of aromatic carboxylic acids is 1. The molecule has 1 saturated carbocycles. The number of amides is 1. The van der Waals surface area contributed by atoms with Gasteiger partial charge in [0.25, 0.3) is 5.91 Å². The average Bonchev–Trinajstić information content (AvgIpc) is 3.12. The van der Waals surface area contributed by atoms with Gasteiger partial charge in [0.2, 0.25) is 0 Å². The van der Waals surface area contributed by atoms with E-state index in [4.69, 9.17) is 23.2 Å². The Kier molecular flexibility index (Phi) is 6.17. The molecule has 0 unspecified atom stereocenters. The minimum Gasteiger partial charge on any atom is -0.478 e. The number of carbonyl (C=O) groups excluding carboxylic acids is 1. The Morgan fingerprint density at radius 3 is 2.38 bits per heavy atom. The van der Waals surface area contributed by atoms with E-state index in [0.717, 1.165) is 53.0 Å². The minimum atomic E-state index is -0.975. The zero-order valence-corrected chi connectivity index (χ0v) is 20.5. The molecule has 1 amide bonds. The normalized spacial score (nSPS) is 16.6. The summed E-state index contributed by atoms with van der Waals surface area (Å²) in [4.78, 5) is 27.3. The smallest absolute Gasteiger partial charge is 0.335 e. The molecular weight excluding hydrogens is 471 g/mol. The summed E-state index contributed by atoms with van der Waals surface area (Å²) in [6.45, 7) is 2.66. The van der Waals surface area contributed by atoms with Crippen LogP contribution in [0.3, 0.4) is 0 Å².